The van der Waals surface area contributed by atoms with Gasteiger partial charge in [-0.2, -0.15) is 0 Å². The molecule has 0 spiro atoms. The Bertz CT molecular complexity index is 887. The van der Waals surface area contributed by atoms with Gasteiger partial charge >= 0.3 is 0 Å². The van der Waals surface area contributed by atoms with E-state index in [1.165, 1.54) is 23.6 Å². The number of amides is 1. The van der Waals surface area contributed by atoms with Crippen LogP contribution in [0.15, 0.2) is 41.1 Å². The van der Waals surface area contributed by atoms with Crippen molar-refractivity contribution in [3.8, 4) is 0 Å². The Kier molecular flexibility index (Phi) is 8.04. The van der Waals surface area contributed by atoms with Crippen LogP contribution in [0.5, 0.6) is 0 Å². The minimum atomic E-state index is -0.538. The van der Waals surface area contributed by atoms with Gasteiger partial charge in [-0.15, -0.1) is 11.3 Å². The summed E-state index contributed by atoms with van der Waals surface area (Å²) in [7, 11) is 0. The van der Waals surface area contributed by atoms with Crippen molar-refractivity contribution in [1.29, 1.82) is 0 Å². The number of thiazole rings is 1. The Morgan fingerprint density at radius 2 is 2.21 bits per heavy atom. The Labute approximate surface area is 176 Å². The van der Waals surface area contributed by atoms with Crippen LogP contribution in [-0.2, 0) is 21.6 Å². The summed E-state index contributed by atoms with van der Waals surface area (Å²) in [4.78, 5) is 25.6. The number of aromatic nitrogens is 2. The number of nitrogens with two attached hydrogens (primary N) is 1. The number of pyridine rings is 1. The molecule has 0 fully saturated rings. The van der Waals surface area contributed by atoms with Gasteiger partial charge in [0.05, 0.1) is 11.8 Å². The summed E-state index contributed by atoms with van der Waals surface area (Å²) < 4.78 is 5.91. The topological polar surface area (TPSA) is 102 Å². The van der Waals surface area contributed by atoms with E-state index in [1.54, 1.807) is 6.20 Å². The van der Waals surface area contributed by atoms with Crippen LogP contribution < -0.4 is 11.1 Å². The molecule has 0 aromatic carbocycles. The van der Waals surface area contributed by atoms with Crippen LogP contribution in [0, 0.1) is 6.92 Å². The Morgan fingerprint density at radius 1 is 1.45 bits per heavy atom. The summed E-state index contributed by atoms with van der Waals surface area (Å²) >= 11 is 1.35. The predicted molar refractivity (Wildman–Crippen MR) is 118 cm³/mol. The Morgan fingerprint density at radius 3 is 2.86 bits per heavy atom. The van der Waals surface area contributed by atoms with Gasteiger partial charge in [0.2, 0.25) is 0 Å². The van der Waals surface area contributed by atoms with E-state index in [4.69, 9.17) is 10.5 Å². The third kappa shape index (κ3) is 6.76. The van der Waals surface area contributed by atoms with Crippen LogP contribution in [0.4, 0.5) is 5.13 Å². The zero-order valence-electron chi connectivity index (χ0n) is 17.6. The number of hydrogen-bond donors (Lipinski definition) is 2. The number of aliphatic imine (C=N–C) groups is 1. The summed E-state index contributed by atoms with van der Waals surface area (Å²) in [5.74, 6) is -0.346. The number of hydrogen-bond acceptors (Lipinski definition) is 7. The molecular weight excluding hydrogens is 386 g/mol. The summed E-state index contributed by atoms with van der Waals surface area (Å²) in [6.07, 6.45) is 7.16. The summed E-state index contributed by atoms with van der Waals surface area (Å²) in [5.41, 5.74) is 8.24. The smallest absolute Gasteiger partial charge is 0.275 e. The van der Waals surface area contributed by atoms with Crippen molar-refractivity contribution in [3.05, 3.63) is 52.9 Å². The average Bonchev–Trinajstić information content (AvgIpc) is 3.11. The molecule has 0 bridgehead atoms. The maximum atomic E-state index is 12.6. The Hall–Kier alpha value is -2.58. The van der Waals surface area contributed by atoms with Crippen LogP contribution in [0.25, 0.3) is 0 Å². The molecule has 29 heavy (non-hydrogen) atoms. The highest BCUT2D eigenvalue weighted by Crippen LogP contribution is 2.29. The number of nitrogens with one attached hydrogen (secondary N) is 1. The Balaban J connectivity index is 2.05. The first-order valence-corrected chi connectivity index (χ1v) is 10.4. The highest BCUT2D eigenvalue weighted by Gasteiger charge is 2.26. The van der Waals surface area contributed by atoms with Crippen LogP contribution >= 0.6 is 11.3 Å². The van der Waals surface area contributed by atoms with Gasteiger partial charge in [-0.25, -0.2) is 4.98 Å². The highest BCUT2D eigenvalue weighted by molar-refractivity contribution is 7.14. The van der Waals surface area contributed by atoms with Gasteiger partial charge < -0.3 is 10.5 Å². The van der Waals surface area contributed by atoms with Crippen LogP contribution in [0.1, 0.15) is 44.5 Å². The van der Waals surface area contributed by atoms with Gasteiger partial charge in [0.15, 0.2) is 5.13 Å². The number of anilines is 1. The summed E-state index contributed by atoms with van der Waals surface area (Å²) in [5, 5.41) is 5.18. The number of rotatable bonds is 9. The zero-order chi connectivity index (χ0) is 21.4. The fourth-order valence-electron chi connectivity index (χ4n) is 2.79. The zero-order valence-corrected chi connectivity index (χ0v) is 18.4. The molecule has 0 saturated carbocycles. The molecule has 0 aliphatic carbocycles. The third-order valence-electron chi connectivity index (χ3n) is 4.16. The molecule has 0 aliphatic heterocycles. The van der Waals surface area contributed by atoms with Crippen molar-refractivity contribution in [2.24, 2.45) is 10.7 Å². The molecule has 0 saturated heterocycles. The molecule has 7 nitrogen and oxygen atoms in total. The molecule has 0 aliphatic rings. The first kappa shape index (κ1) is 22.7. The van der Waals surface area contributed by atoms with Crippen molar-refractivity contribution >= 4 is 28.1 Å². The van der Waals surface area contributed by atoms with Gasteiger partial charge in [0.1, 0.15) is 11.3 Å². The SMILES string of the molecule is Cc1cnccc1CCN=C(C=CN)C(=O)Nc1nc(C(C)(C)OC(C)C)cs1. The lowest BCUT2D eigenvalue weighted by molar-refractivity contribution is -0.110. The molecule has 3 N–H and O–H groups in total. The monoisotopic (exact) mass is 415 g/mol. The largest absolute Gasteiger partial charge is 0.405 e. The van der Waals surface area contributed by atoms with E-state index in [2.05, 4.69) is 20.3 Å². The van der Waals surface area contributed by atoms with Gasteiger partial charge in [0.25, 0.3) is 5.91 Å². The molecule has 1 amide bonds. The van der Waals surface area contributed by atoms with E-state index in [0.717, 1.165) is 16.8 Å². The highest BCUT2D eigenvalue weighted by atomic mass is 32.1. The van der Waals surface area contributed by atoms with Gasteiger partial charge in [-0.3, -0.25) is 20.1 Å². The second kappa shape index (κ2) is 10.3. The minimum absolute atomic E-state index is 0.0715. The molecule has 2 aromatic heterocycles. The van der Waals surface area contributed by atoms with Crippen LogP contribution in [0.3, 0.4) is 0 Å². The van der Waals surface area contributed by atoms with E-state index in [-0.39, 0.29) is 17.7 Å². The summed E-state index contributed by atoms with van der Waals surface area (Å²) in [6, 6.07) is 1.96. The fourth-order valence-corrected chi connectivity index (χ4v) is 3.65. The first-order chi connectivity index (χ1) is 13.7. The first-order valence-electron chi connectivity index (χ1n) is 9.50. The third-order valence-corrected chi connectivity index (χ3v) is 4.92. The lowest BCUT2D eigenvalue weighted by atomic mass is 10.1. The molecule has 2 heterocycles. The van der Waals surface area contributed by atoms with Gasteiger partial charge in [0, 0.05) is 24.3 Å². The van der Waals surface area contributed by atoms with Crippen LogP contribution in [-0.4, -0.2) is 34.2 Å². The maximum absolute atomic E-state index is 12.6. The average molecular weight is 416 g/mol. The summed E-state index contributed by atoms with van der Waals surface area (Å²) in [6.45, 7) is 10.3. The molecular formula is C21H29N5O2S. The van der Waals surface area contributed by atoms with Gasteiger partial charge in [-0.05, 0) is 70.5 Å². The van der Waals surface area contributed by atoms with Gasteiger partial charge in [-0.1, -0.05) is 0 Å². The lowest BCUT2D eigenvalue weighted by Gasteiger charge is -2.25. The lowest BCUT2D eigenvalue weighted by Crippen LogP contribution is -2.26. The van der Waals surface area contributed by atoms with Crippen LogP contribution in [0.2, 0.25) is 0 Å². The number of aryl methyl sites for hydroxylation is 1. The molecule has 0 atom stereocenters. The van der Waals surface area contributed by atoms with Crippen molar-refractivity contribution in [2.75, 3.05) is 11.9 Å². The van der Waals surface area contributed by atoms with Crippen molar-refractivity contribution in [3.63, 3.8) is 0 Å². The van der Waals surface area contributed by atoms with Crippen molar-refractivity contribution in [2.45, 2.75) is 52.7 Å². The molecule has 2 rings (SSSR count). The molecule has 0 unspecified atom stereocenters. The second-order valence-electron chi connectivity index (χ2n) is 7.35. The fraction of sp³-hybridized carbons (Fsp3) is 0.429. The van der Waals surface area contributed by atoms with E-state index in [1.807, 2.05) is 52.3 Å². The molecule has 8 heteroatoms. The number of carbonyl (C=O) groups is 1. The minimum Gasteiger partial charge on any atom is -0.405 e. The number of nitrogens with zero attached hydrogens (tertiary/aromatic N) is 3. The molecule has 0 radical (unpaired) electrons. The van der Waals surface area contributed by atoms with Crippen molar-refractivity contribution in [1.82, 2.24) is 9.97 Å². The second-order valence-corrected chi connectivity index (χ2v) is 8.21. The van der Waals surface area contributed by atoms with E-state index < -0.39 is 5.60 Å². The van der Waals surface area contributed by atoms with E-state index in [9.17, 15) is 4.79 Å². The quantitative estimate of drug-likeness (QED) is 0.609. The van der Waals surface area contributed by atoms with Crippen molar-refractivity contribution < 1.29 is 9.53 Å². The number of ether oxygens (including phenoxy) is 1. The predicted octanol–water partition coefficient (Wildman–Crippen LogP) is 3.60. The maximum Gasteiger partial charge on any atom is 0.275 e. The van der Waals surface area contributed by atoms with E-state index >= 15 is 0 Å². The molecule has 156 valence electrons. The normalized spacial score (nSPS) is 12.7. The standard InChI is InChI=1S/C21H29N5O2S/c1-14(2)28-21(4,5)18-13-29-20(25-18)26-19(27)17(6-9-22)24-11-8-16-7-10-23-12-15(16)3/h6-7,9-10,12-14H,8,11,22H2,1-5H3,(H,25,26,27). The van der Waals surface area contributed by atoms with E-state index in [0.29, 0.717) is 18.1 Å². The molecule has 2 aromatic rings. The number of carbonyl (C=O) groups excluding carboxylic acids is 1.